The molecule has 0 radical (unpaired) electrons. The quantitative estimate of drug-likeness (QED) is 0.415. The van der Waals surface area contributed by atoms with Crippen LogP contribution in [0.5, 0.6) is 0 Å². The van der Waals surface area contributed by atoms with Crippen molar-refractivity contribution in [1.82, 2.24) is 20.1 Å². The van der Waals surface area contributed by atoms with Crippen molar-refractivity contribution in [3.8, 4) is 0 Å². The lowest BCUT2D eigenvalue weighted by molar-refractivity contribution is -0.143. The van der Waals surface area contributed by atoms with Crippen LogP contribution < -0.4 is 5.32 Å². The van der Waals surface area contributed by atoms with Gasteiger partial charge >= 0.3 is 12.4 Å². The second-order valence-corrected chi connectivity index (χ2v) is 9.06. The molecule has 4 unspecified atom stereocenters. The van der Waals surface area contributed by atoms with E-state index < -0.39 is 35.1 Å². The summed E-state index contributed by atoms with van der Waals surface area (Å²) >= 11 is 0. The van der Waals surface area contributed by atoms with Crippen LogP contribution in [0.2, 0.25) is 0 Å². The van der Waals surface area contributed by atoms with Gasteiger partial charge in [0.1, 0.15) is 12.7 Å². The third-order valence-electron chi connectivity index (χ3n) is 6.94. The number of halogens is 7. The molecule has 2 bridgehead atoms. The highest BCUT2D eigenvalue weighted by Crippen LogP contribution is 2.49. The number of hydrogen-bond donors (Lipinski definition) is 1. The van der Waals surface area contributed by atoms with Gasteiger partial charge in [0.15, 0.2) is 0 Å². The number of fused-ring (bicyclic) bond motifs is 2. The second kappa shape index (κ2) is 9.68. The molecule has 2 aromatic carbocycles. The SMILES string of the molecule is Cl.FC(F)(F)c1cc(COC2CCC3NC2(c2ccccc2)CC3n2cnnc2)cc(C(F)(F)F)c1. The predicted octanol–water partition coefficient (Wildman–Crippen LogP) is 5.92. The van der Waals surface area contributed by atoms with E-state index in [0.29, 0.717) is 12.8 Å². The van der Waals surface area contributed by atoms with Gasteiger partial charge in [-0.2, -0.15) is 26.3 Å². The summed E-state index contributed by atoms with van der Waals surface area (Å²) in [5.41, 5.74) is -2.58. The monoisotopic (exact) mass is 532 g/mol. The van der Waals surface area contributed by atoms with E-state index in [4.69, 9.17) is 4.74 Å². The number of aromatic nitrogens is 3. The van der Waals surface area contributed by atoms with E-state index in [1.54, 1.807) is 12.7 Å². The van der Waals surface area contributed by atoms with E-state index in [2.05, 4.69) is 15.5 Å². The van der Waals surface area contributed by atoms with Crippen LogP contribution in [0.25, 0.3) is 0 Å². The Hall–Kier alpha value is -2.63. The summed E-state index contributed by atoms with van der Waals surface area (Å²) in [7, 11) is 0. The van der Waals surface area contributed by atoms with E-state index in [1.807, 2.05) is 34.9 Å². The first-order valence-corrected chi connectivity index (χ1v) is 11.1. The number of hydrogen-bond acceptors (Lipinski definition) is 4. The Labute approximate surface area is 209 Å². The molecule has 2 aliphatic rings. The van der Waals surface area contributed by atoms with Crippen LogP contribution in [0.4, 0.5) is 26.3 Å². The van der Waals surface area contributed by atoms with Crippen molar-refractivity contribution < 1.29 is 31.1 Å². The molecule has 4 atom stereocenters. The highest BCUT2D eigenvalue weighted by Gasteiger charge is 2.54. The van der Waals surface area contributed by atoms with Crippen molar-refractivity contribution in [2.75, 3.05) is 0 Å². The molecule has 0 aliphatic carbocycles. The Morgan fingerprint density at radius 3 is 2.11 bits per heavy atom. The largest absolute Gasteiger partial charge is 0.416 e. The lowest BCUT2D eigenvalue weighted by Gasteiger charge is -2.42. The maximum atomic E-state index is 13.3. The number of nitrogens with one attached hydrogen (secondary N) is 1. The van der Waals surface area contributed by atoms with Crippen molar-refractivity contribution in [1.29, 1.82) is 0 Å². The predicted molar refractivity (Wildman–Crippen MR) is 120 cm³/mol. The molecule has 1 N–H and O–H groups in total. The molecule has 2 fully saturated rings. The second-order valence-electron chi connectivity index (χ2n) is 9.06. The standard InChI is InChI=1S/C24H22F6N4O.ClH/c25-23(26,27)17-8-15(9-18(10-17)24(28,29)30)12-35-21-7-6-19-20(34-13-31-32-14-34)11-22(21,33-19)16-4-2-1-3-5-16;/h1-5,8-10,13-14,19-21,33H,6-7,11-12H2;1H. The molecule has 2 aliphatic heterocycles. The average Bonchev–Trinajstić information content (AvgIpc) is 3.45. The van der Waals surface area contributed by atoms with Gasteiger partial charge in [-0.15, -0.1) is 22.6 Å². The smallest absolute Gasteiger partial charge is 0.371 e. The van der Waals surface area contributed by atoms with E-state index in [1.165, 1.54) is 0 Å². The van der Waals surface area contributed by atoms with Gasteiger partial charge < -0.3 is 14.6 Å². The normalized spacial score (nSPS) is 26.0. The van der Waals surface area contributed by atoms with Gasteiger partial charge in [0.2, 0.25) is 0 Å². The molecular weight excluding hydrogens is 510 g/mol. The minimum Gasteiger partial charge on any atom is -0.371 e. The molecule has 3 heterocycles. The first-order chi connectivity index (χ1) is 16.6. The molecule has 2 saturated heterocycles. The fourth-order valence-electron chi connectivity index (χ4n) is 5.37. The first-order valence-electron chi connectivity index (χ1n) is 11.1. The van der Waals surface area contributed by atoms with Crippen LogP contribution in [-0.4, -0.2) is 26.9 Å². The van der Waals surface area contributed by atoms with E-state index in [-0.39, 0.29) is 42.7 Å². The van der Waals surface area contributed by atoms with E-state index >= 15 is 0 Å². The molecule has 0 saturated carbocycles. The van der Waals surface area contributed by atoms with Crippen molar-refractivity contribution in [2.24, 2.45) is 0 Å². The van der Waals surface area contributed by atoms with Crippen LogP contribution in [0.1, 0.15) is 47.6 Å². The van der Waals surface area contributed by atoms with Gasteiger partial charge in [-0.25, -0.2) is 0 Å². The lowest BCUT2D eigenvalue weighted by atomic mass is 9.80. The van der Waals surface area contributed by atoms with Gasteiger partial charge in [0.05, 0.1) is 35.4 Å². The summed E-state index contributed by atoms with van der Waals surface area (Å²) in [6.07, 6.45) is -5.07. The lowest BCUT2D eigenvalue weighted by Crippen LogP contribution is -2.54. The van der Waals surface area contributed by atoms with Gasteiger partial charge in [-0.1, -0.05) is 30.3 Å². The molecule has 12 heteroatoms. The molecule has 5 nitrogen and oxygen atoms in total. The Morgan fingerprint density at radius 2 is 1.53 bits per heavy atom. The van der Waals surface area contributed by atoms with E-state index in [9.17, 15) is 26.3 Å². The third kappa shape index (κ3) is 4.96. The summed E-state index contributed by atoms with van der Waals surface area (Å²) in [5.74, 6) is 0. The summed E-state index contributed by atoms with van der Waals surface area (Å²) < 4.78 is 87.7. The van der Waals surface area contributed by atoms with Crippen molar-refractivity contribution in [2.45, 2.75) is 61.9 Å². The number of nitrogens with zero attached hydrogens (tertiary/aromatic N) is 3. The number of ether oxygens (including phenoxy) is 1. The summed E-state index contributed by atoms with van der Waals surface area (Å²) in [4.78, 5) is 0. The Balaban J connectivity index is 0.00000304. The third-order valence-corrected chi connectivity index (χ3v) is 6.94. The number of alkyl halides is 6. The van der Waals surface area contributed by atoms with Gasteiger partial charge in [0, 0.05) is 6.04 Å². The number of rotatable bonds is 5. The topological polar surface area (TPSA) is 52.0 Å². The van der Waals surface area contributed by atoms with Gasteiger partial charge in [-0.3, -0.25) is 0 Å². The van der Waals surface area contributed by atoms with Crippen molar-refractivity contribution >= 4 is 12.4 Å². The van der Waals surface area contributed by atoms with Crippen molar-refractivity contribution in [3.63, 3.8) is 0 Å². The van der Waals surface area contributed by atoms with Crippen LogP contribution in [0.15, 0.2) is 61.2 Å². The van der Waals surface area contributed by atoms with Crippen LogP contribution >= 0.6 is 12.4 Å². The molecule has 0 amide bonds. The average molecular weight is 533 g/mol. The Morgan fingerprint density at radius 1 is 0.917 bits per heavy atom. The van der Waals surface area contributed by atoms with Gasteiger partial charge in [-0.05, 0) is 48.6 Å². The Kier molecular flexibility index (Phi) is 7.11. The number of piperidine rings is 1. The summed E-state index contributed by atoms with van der Waals surface area (Å²) in [6.45, 7) is -0.379. The molecule has 1 aromatic heterocycles. The first kappa shape index (κ1) is 26.4. The molecular formula is C24H23ClF6N4O. The van der Waals surface area contributed by atoms with Crippen LogP contribution in [-0.2, 0) is 29.2 Å². The molecule has 36 heavy (non-hydrogen) atoms. The zero-order chi connectivity index (χ0) is 24.8. The van der Waals surface area contributed by atoms with Crippen LogP contribution in [0, 0.1) is 0 Å². The Bertz CT molecular complexity index is 1140. The fraction of sp³-hybridized carbons (Fsp3) is 0.417. The fourth-order valence-corrected chi connectivity index (χ4v) is 5.37. The van der Waals surface area contributed by atoms with E-state index in [0.717, 1.165) is 24.1 Å². The minimum absolute atomic E-state index is 0. The van der Waals surface area contributed by atoms with Gasteiger partial charge in [0.25, 0.3) is 0 Å². The highest BCUT2D eigenvalue weighted by molar-refractivity contribution is 5.85. The van der Waals surface area contributed by atoms with Crippen LogP contribution in [0.3, 0.4) is 0 Å². The zero-order valence-electron chi connectivity index (χ0n) is 18.8. The summed E-state index contributed by atoms with van der Waals surface area (Å²) in [6, 6.07) is 11.3. The molecule has 5 rings (SSSR count). The maximum Gasteiger partial charge on any atom is 0.416 e. The minimum atomic E-state index is -4.90. The number of benzene rings is 2. The highest BCUT2D eigenvalue weighted by atomic mass is 35.5. The molecule has 194 valence electrons. The van der Waals surface area contributed by atoms with Crippen molar-refractivity contribution in [3.05, 3.63) is 83.4 Å². The maximum absolute atomic E-state index is 13.3. The molecule has 0 spiro atoms. The summed E-state index contributed by atoms with van der Waals surface area (Å²) in [5, 5.41) is 11.5. The molecule has 3 aromatic rings. The zero-order valence-corrected chi connectivity index (χ0v) is 19.6.